The first-order valence-electron chi connectivity index (χ1n) is 6.62. The van der Waals surface area contributed by atoms with Gasteiger partial charge in [-0.1, -0.05) is 31.9 Å². The second-order valence-corrected chi connectivity index (χ2v) is 5.27. The highest BCUT2D eigenvalue weighted by Crippen LogP contribution is 2.40. The van der Waals surface area contributed by atoms with Crippen molar-refractivity contribution in [3.63, 3.8) is 0 Å². The van der Waals surface area contributed by atoms with E-state index in [4.69, 9.17) is 0 Å². The standard InChI is InChI=1S/C15H21FO/c1-2-3-12-8-10-15(17,11-9-12)13-4-6-14(16)7-5-13/h4-7,12,17H,2-3,8-11H2,1H3. The molecule has 1 aliphatic rings. The van der Waals surface area contributed by atoms with Crippen LogP contribution in [0, 0.1) is 11.7 Å². The molecule has 0 saturated heterocycles. The first-order chi connectivity index (χ1) is 8.14. The van der Waals surface area contributed by atoms with Crippen LogP contribution in [0.5, 0.6) is 0 Å². The molecule has 0 unspecified atom stereocenters. The summed E-state index contributed by atoms with van der Waals surface area (Å²) < 4.78 is 12.9. The Balaban J connectivity index is 2.04. The van der Waals surface area contributed by atoms with E-state index in [2.05, 4.69) is 6.92 Å². The van der Waals surface area contributed by atoms with Gasteiger partial charge >= 0.3 is 0 Å². The highest BCUT2D eigenvalue weighted by atomic mass is 19.1. The molecule has 1 fully saturated rings. The SMILES string of the molecule is CCCC1CCC(O)(c2ccc(F)cc2)CC1. The lowest BCUT2D eigenvalue weighted by atomic mass is 9.74. The van der Waals surface area contributed by atoms with E-state index >= 15 is 0 Å². The van der Waals surface area contributed by atoms with Gasteiger partial charge in [-0.3, -0.25) is 0 Å². The van der Waals surface area contributed by atoms with Crippen molar-refractivity contribution in [1.29, 1.82) is 0 Å². The van der Waals surface area contributed by atoms with Crippen LogP contribution in [0.15, 0.2) is 24.3 Å². The van der Waals surface area contributed by atoms with E-state index in [1.165, 1.54) is 25.0 Å². The first-order valence-corrected chi connectivity index (χ1v) is 6.62. The summed E-state index contributed by atoms with van der Waals surface area (Å²) in [7, 11) is 0. The Morgan fingerprint density at radius 3 is 2.35 bits per heavy atom. The average molecular weight is 236 g/mol. The molecule has 1 aromatic carbocycles. The smallest absolute Gasteiger partial charge is 0.123 e. The van der Waals surface area contributed by atoms with Crippen molar-refractivity contribution in [1.82, 2.24) is 0 Å². The second kappa shape index (κ2) is 5.18. The highest BCUT2D eigenvalue weighted by Gasteiger charge is 2.34. The summed E-state index contributed by atoms with van der Waals surface area (Å²) in [5.74, 6) is 0.526. The van der Waals surface area contributed by atoms with Crippen molar-refractivity contribution in [2.24, 2.45) is 5.92 Å². The van der Waals surface area contributed by atoms with Gasteiger partial charge in [0.05, 0.1) is 5.60 Å². The summed E-state index contributed by atoms with van der Waals surface area (Å²) in [6, 6.07) is 6.31. The number of hydrogen-bond acceptors (Lipinski definition) is 1. The first kappa shape index (κ1) is 12.6. The second-order valence-electron chi connectivity index (χ2n) is 5.27. The Labute approximate surface area is 103 Å². The zero-order chi connectivity index (χ0) is 12.3. The fourth-order valence-corrected chi connectivity index (χ4v) is 2.90. The normalized spacial score (nSPS) is 29.2. The summed E-state index contributed by atoms with van der Waals surface area (Å²) in [4.78, 5) is 0. The maximum atomic E-state index is 12.9. The molecule has 0 atom stereocenters. The number of benzene rings is 1. The van der Waals surface area contributed by atoms with Gasteiger partial charge < -0.3 is 5.11 Å². The molecule has 2 rings (SSSR count). The van der Waals surface area contributed by atoms with E-state index in [1.807, 2.05) is 0 Å². The van der Waals surface area contributed by atoms with E-state index in [-0.39, 0.29) is 5.82 Å². The Morgan fingerprint density at radius 1 is 1.24 bits per heavy atom. The number of hydrogen-bond donors (Lipinski definition) is 1. The third-order valence-electron chi connectivity index (χ3n) is 4.01. The van der Waals surface area contributed by atoms with E-state index in [0.29, 0.717) is 0 Å². The lowest BCUT2D eigenvalue weighted by Gasteiger charge is -2.36. The molecule has 0 bridgehead atoms. The van der Waals surface area contributed by atoms with E-state index < -0.39 is 5.60 Å². The van der Waals surface area contributed by atoms with Crippen LogP contribution in [0.2, 0.25) is 0 Å². The van der Waals surface area contributed by atoms with Crippen molar-refractivity contribution >= 4 is 0 Å². The molecule has 1 saturated carbocycles. The summed E-state index contributed by atoms with van der Waals surface area (Å²) in [5.41, 5.74) is 0.145. The lowest BCUT2D eigenvalue weighted by molar-refractivity contribution is -0.0152. The monoisotopic (exact) mass is 236 g/mol. The lowest BCUT2D eigenvalue weighted by Crippen LogP contribution is -2.31. The van der Waals surface area contributed by atoms with Crippen LogP contribution in [0.25, 0.3) is 0 Å². The van der Waals surface area contributed by atoms with Crippen molar-refractivity contribution in [3.05, 3.63) is 35.6 Å². The zero-order valence-electron chi connectivity index (χ0n) is 10.5. The highest BCUT2D eigenvalue weighted by molar-refractivity contribution is 5.23. The minimum absolute atomic E-state index is 0.239. The van der Waals surface area contributed by atoms with Crippen LogP contribution < -0.4 is 0 Å². The van der Waals surface area contributed by atoms with Gasteiger partial charge in [0.1, 0.15) is 5.82 Å². The van der Waals surface area contributed by atoms with Gasteiger partial charge in [0, 0.05) is 0 Å². The number of aliphatic hydroxyl groups is 1. The molecule has 1 nitrogen and oxygen atoms in total. The topological polar surface area (TPSA) is 20.2 Å². The molecule has 0 amide bonds. The summed E-state index contributed by atoms with van der Waals surface area (Å²) in [6.07, 6.45) is 6.27. The molecule has 0 heterocycles. The molecule has 17 heavy (non-hydrogen) atoms. The molecule has 0 radical (unpaired) electrons. The maximum Gasteiger partial charge on any atom is 0.123 e. The van der Waals surface area contributed by atoms with Gasteiger partial charge in [-0.05, 0) is 49.3 Å². The predicted molar refractivity (Wildman–Crippen MR) is 67.2 cm³/mol. The van der Waals surface area contributed by atoms with Crippen molar-refractivity contribution < 1.29 is 9.50 Å². The maximum absolute atomic E-state index is 12.9. The molecule has 0 aliphatic heterocycles. The van der Waals surface area contributed by atoms with Crippen LogP contribution in [0.4, 0.5) is 4.39 Å². The quantitative estimate of drug-likeness (QED) is 0.841. The van der Waals surface area contributed by atoms with Gasteiger partial charge in [0.2, 0.25) is 0 Å². The van der Waals surface area contributed by atoms with E-state index in [0.717, 1.165) is 37.2 Å². The fourth-order valence-electron chi connectivity index (χ4n) is 2.90. The van der Waals surface area contributed by atoms with Crippen LogP contribution in [-0.4, -0.2) is 5.11 Å². The molecule has 1 aromatic rings. The van der Waals surface area contributed by atoms with Crippen molar-refractivity contribution in [3.8, 4) is 0 Å². The molecule has 0 spiro atoms. The van der Waals surface area contributed by atoms with Crippen LogP contribution in [0.3, 0.4) is 0 Å². The molecular formula is C15H21FO. The molecular weight excluding hydrogens is 215 g/mol. The Bertz CT molecular complexity index is 350. The summed E-state index contributed by atoms with van der Waals surface area (Å²) in [6.45, 7) is 2.21. The minimum atomic E-state index is -0.724. The predicted octanol–water partition coefficient (Wildman–Crippen LogP) is 4.00. The minimum Gasteiger partial charge on any atom is -0.385 e. The van der Waals surface area contributed by atoms with E-state index in [9.17, 15) is 9.50 Å². The van der Waals surface area contributed by atoms with E-state index in [1.54, 1.807) is 12.1 Å². The fraction of sp³-hybridized carbons (Fsp3) is 0.600. The van der Waals surface area contributed by atoms with Crippen molar-refractivity contribution in [2.75, 3.05) is 0 Å². The third-order valence-corrected chi connectivity index (χ3v) is 4.01. The van der Waals surface area contributed by atoms with Gasteiger partial charge in [0.15, 0.2) is 0 Å². The van der Waals surface area contributed by atoms with Crippen molar-refractivity contribution in [2.45, 2.75) is 51.0 Å². The third kappa shape index (κ3) is 2.86. The number of rotatable bonds is 3. The molecule has 1 N–H and O–H groups in total. The largest absolute Gasteiger partial charge is 0.385 e. The van der Waals surface area contributed by atoms with Gasteiger partial charge in [-0.15, -0.1) is 0 Å². The zero-order valence-corrected chi connectivity index (χ0v) is 10.5. The van der Waals surface area contributed by atoms with Crippen LogP contribution >= 0.6 is 0 Å². The Kier molecular flexibility index (Phi) is 3.82. The molecule has 94 valence electrons. The number of halogens is 1. The summed E-state index contributed by atoms with van der Waals surface area (Å²) in [5, 5.41) is 10.6. The van der Waals surface area contributed by atoms with Gasteiger partial charge in [0.25, 0.3) is 0 Å². The summed E-state index contributed by atoms with van der Waals surface area (Å²) >= 11 is 0. The Hall–Kier alpha value is -0.890. The van der Waals surface area contributed by atoms with Gasteiger partial charge in [-0.2, -0.15) is 0 Å². The average Bonchev–Trinajstić information content (AvgIpc) is 2.33. The molecule has 2 heteroatoms. The molecule has 1 aliphatic carbocycles. The van der Waals surface area contributed by atoms with Gasteiger partial charge in [-0.25, -0.2) is 4.39 Å². The van der Waals surface area contributed by atoms with Crippen LogP contribution in [-0.2, 0) is 5.60 Å². The van der Waals surface area contributed by atoms with Crippen LogP contribution in [0.1, 0.15) is 51.0 Å². The Morgan fingerprint density at radius 2 is 1.82 bits per heavy atom. The molecule has 0 aromatic heterocycles.